The Morgan fingerprint density at radius 3 is 2.19 bits per heavy atom. The van der Waals surface area contributed by atoms with Crippen LogP contribution >= 0.6 is 12.4 Å². The fourth-order valence-corrected chi connectivity index (χ4v) is 1.85. The lowest BCUT2D eigenvalue weighted by molar-refractivity contribution is 0.00578. The fraction of sp³-hybridized carbons (Fsp3) is 0.818. The summed E-state index contributed by atoms with van der Waals surface area (Å²) in [5, 5.41) is 3.29. The van der Waals surface area contributed by atoms with Crippen molar-refractivity contribution in [3.05, 3.63) is 11.5 Å². The van der Waals surface area contributed by atoms with Gasteiger partial charge in [-0.05, 0) is 46.1 Å². The Bertz CT molecular complexity index is 276. The molecule has 16 heavy (non-hydrogen) atoms. The van der Waals surface area contributed by atoms with Crippen LogP contribution < -0.4 is 5.32 Å². The molecule has 2 aliphatic heterocycles. The van der Waals surface area contributed by atoms with Gasteiger partial charge in [0, 0.05) is 6.54 Å². The van der Waals surface area contributed by atoms with E-state index in [1.54, 1.807) is 0 Å². The monoisotopic (exact) mass is 245 g/mol. The molecule has 0 bridgehead atoms. The minimum atomic E-state index is -0.219. The van der Waals surface area contributed by atoms with E-state index in [0.29, 0.717) is 0 Å². The largest absolute Gasteiger partial charge is 0.490 e. The van der Waals surface area contributed by atoms with Crippen molar-refractivity contribution in [2.45, 2.75) is 45.3 Å². The Kier molecular flexibility index (Phi) is 4.11. The van der Waals surface area contributed by atoms with Gasteiger partial charge >= 0.3 is 7.12 Å². The molecule has 3 nitrogen and oxygen atoms in total. The second-order valence-electron chi connectivity index (χ2n) is 5.32. The summed E-state index contributed by atoms with van der Waals surface area (Å²) in [5.74, 6) is 0. The summed E-state index contributed by atoms with van der Waals surface area (Å²) in [7, 11) is -0.142. The summed E-state index contributed by atoms with van der Waals surface area (Å²) in [4.78, 5) is 0. The minimum absolute atomic E-state index is 0. The van der Waals surface area contributed by atoms with E-state index in [-0.39, 0.29) is 30.7 Å². The zero-order valence-corrected chi connectivity index (χ0v) is 11.3. The first kappa shape index (κ1) is 14.0. The molecule has 2 heterocycles. The Morgan fingerprint density at radius 2 is 1.75 bits per heavy atom. The zero-order chi connectivity index (χ0) is 11.1. The standard InChI is InChI=1S/C11H20BNO2.ClH/c1-10(2)11(3,4)15-12(14-10)9-5-7-13-8-6-9;/h5,13H,6-8H2,1-4H3;1H. The van der Waals surface area contributed by atoms with Crippen molar-refractivity contribution in [2.75, 3.05) is 13.1 Å². The van der Waals surface area contributed by atoms with E-state index < -0.39 is 0 Å². The number of hydrogen-bond acceptors (Lipinski definition) is 3. The maximum atomic E-state index is 5.99. The van der Waals surface area contributed by atoms with Gasteiger partial charge < -0.3 is 14.6 Å². The quantitative estimate of drug-likeness (QED) is 0.717. The topological polar surface area (TPSA) is 30.5 Å². The Hall–Kier alpha value is -0.0251. The minimum Gasteiger partial charge on any atom is -0.400 e. The van der Waals surface area contributed by atoms with E-state index in [9.17, 15) is 0 Å². The zero-order valence-electron chi connectivity index (χ0n) is 10.5. The van der Waals surface area contributed by atoms with Crippen molar-refractivity contribution in [3.63, 3.8) is 0 Å². The van der Waals surface area contributed by atoms with Crippen molar-refractivity contribution in [2.24, 2.45) is 0 Å². The van der Waals surface area contributed by atoms with Crippen LogP contribution in [0, 0.1) is 0 Å². The van der Waals surface area contributed by atoms with Crippen LogP contribution in [0.3, 0.4) is 0 Å². The second kappa shape index (κ2) is 4.69. The molecule has 92 valence electrons. The average molecular weight is 246 g/mol. The molecule has 0 amide bonds. The highest BCUT2D eigenvalue weighted by atomic mass is 35.5. The molecule has 0 aromatic rings. The average Bonchev–Trinajstić information content (AvgIpc) is 2.38. The fourth-order valence-electron chi connectivity index (χ4n) is 1.85. The van der Waals surface area contributed by atoms with Crippen LogP contribution in [0.1, 0.15) is 34.1 Å². The third kappa shape index (κ3) is 2.45. The Morgan fingerprint density at radius 1 is 1.19 bits per heavy atom. The van der Waals surface area contributed by atoms with Gasteiger partial charge in [-0.2, -0.15) is 0 Å². The summed E-state index contributed by atoms with van der Waals surface area (Å²) >= 11 is 0. The first-order valence-electron chi connectivity index (χ1n) is 5.68. The van der Waals surface area contributed by atoms with E-state index in [1.165, 1.54) is 5.47 Å². The van der Waals surface area contributed by atoms with Gasteiger partial charge in [-0.25, -0.2) is 0 Å². The van der Waals surface area contributed by atoms with E-state index in [0.717, 1.165) is 19.5 Å². The van der Waals surface area contributed by atoms with Crippen molar-refractivity contribution in [1.29, 1.82) is 0 Å². The molecule has 1 N–H and O–H groups in total. The summed E-state index contributed by atoms with van der Waals surface area (Å²) in [6.07, 6.45) is 3.21. The number of halogens is 1. The summed E-state index contributed by atoms with van der Waals surface area (Å²) < 4.78 is 12.0. The van der Waals surface area contributed by atoms with E-state index in [4.69, 9.17) is 9.31 Å². The number of nitrogens with one attached hydrogen (secondary N) is 1. The molecule has 0 aliphatic carbocycles. The maximum absolute atomic E-state index is 5.99. The van der Waals surface area contributed by atoms with Crippen LogP contribution in [0.4, 0.5) is 0 Å². The van der Waals surface area contributed by atoms with E-state index in [2.05, 4.69) is 39.1 Å². The highest BCUT2D eigenvalue weighted by Crippen LogP contribution is 2.39. The second-order valence-corrected chi connectivity index (χ2v) is 5.32. The van der Waals surface area contributed by atoms with E-state index >= 15 is 0 Å². The van der Waals surface area contributed by atoms with Crippen molar-refractivity contribution in [3.8, 4) is 0 Å². The van der Waals surface area contributed by atoms with Gasteiger partial charge in [0.2, 0.25) is 0 Å². The van der Waals surface area contributed by atoms with E-state index in [1.807, 2.05) is 0 Å². The third-order valence-electron chi connectivity index (χ3n) is 3.66. The number of rotatable bonds is 1. The lowest BCUT2D eigenvalue weighted by Crippen LogP contribution is -2.41. The molecule has 5 heteroatoms. The molecule has 2 rings (SSSR count). The Balaban J connectivity index is 0.00000128. The Labute approximate surface area is 105 Å². The van der Waals surface area contributed by atoms with Crippen molar-refractivity contribution < 1.29 is 9.31 Å². The van der Waals surface area contributed by atoms with Crippen LogP contribution in [0.25, 0.3) is 0 Å². The van der Waals surface area contributed by atoms with Crippen molar-refractivity contribution in [1.82, 2.24) is 5.32 Å². The summed E-state index contributed by atoms with van der Waals surface area (Å²) in [5.41, 5.74) is 0.847. The molecule has 0 saturated carbocycles. The molecular formula is C11H21BClNO2. The van der Waals surface area contributed by atoms with Crippen molar-refractivity contribution >= 4 is 19.5 Å². The lowest BCUT2D eigenvalue weighted by Gasteiger charge is -2.32. The first-order valence-corrected chi connectivity index (χ1v) is 5.68. The molecule has 0 aromatic carbocycles. The maximum Gasteiger partial charge on any atom is 0.490 e. The lowest BCUT2D eigenvalue weighted by atomic mass is 9.75. The van der Waals surface area contributed by atoms with Gasteiger partial charge in [0.1, 0.15) is 0 Å². The van der Waals surface area contributed by atoms with Gasteiger partial charge in [0.05, 0.1) is 11.2 Å². The molecule has 0 atom stereocenters. The molecule has 0 aromatic heterocycles. The smallest absolute Gasteiger partial charge is 0.400 e. The SMILES string of the molecule is CC1(C)OB(C2=CCNCC2)OC1(C)C.Cl. The molecule has 1 saturated heterocycles. The predicted molar refractivity (Wildman–Crippen MR) is 68.9 cm³/mol. The molecule has 0 unspecified atom stereocenters. The molecule has 0 radical (unpaired) electrons. The predicted octanol–water partition coefficient (Wildman–Crippen LogP) is 1.96. The van der Waals surface area contributed by atoms with Gasteiger partial charge in [-0.3, -0.25) is 0 Å². The molecular weight excluding hydrogens is 224 g/mol. The summed E-state index contributed by atoms with van der Waals surface area (Å²) in [6.45, 7) is 10.3. The highest BCUT2D eigenvalue weighted by molar-refractivity contribution is 6.54. The summed E-state index contributed by atoms with van der Waals surface area (Å²) in [6, 6.07) is 0. The van der Waals surface area contributed by atoms with Crippen LogP contribution in [0.15, 0.2) is 11.5 Å². The molecule has 1 fully saturated rings. The van der Waals surface area contributed by atoms with Gasteiger partial charge in [-0.15, -0.1) is 12.4 Å². The van der Waals surface area contributed by atoms with Gasteiger partial charge in [-0.1, -0.05) is 6.08 Å². The first-order chi connectivity index (χ1) is 6.92. The normalized spacial score (nSPS) is 27.2. The molecule has 0 spiro atoms. The van der Waals surface area contributed by atoms with Crippen LogP contribution in [-0.2, 0) is 9.31 Å². The van der Waals surface area contributed by atoms with Crippen LogP contribution in [0.2, 0.25) is 0 Å². The third-order valence-corrected chi connectivity index (χ3v) is 3.66. The number of hydrogen-bond donors (Lipinski definition) is 1. The molecule has 2 aliphatic rings. The van der Waals surface area contributed by atoms with Gasteiger partial charge in [0.25, 0.3) is 0 Å². The highest BCUT2D eigenvalue weighted by Gasteiger charge is 2.52. The van der Waals surface area contributed by atoms with Crippen LogP contribution in [-0.4, -0.2) is 31.4 Å². The van der Waals surface area contributed by atoms with Gasteiger partial charge in [0.15, 0.2) is 0 Å². The van der Waals surface area contributed by atoms with Crippen LogP contribution in [0.5, 0.6) is 0 Å².